The summed E-state index contributed by atoms with van der Waals surface area (Å²) in [6.45, 7) is 8.36. The molecule has 0 aromatic carbocycles. The van der Waals surface area contributed by atoms with Crippen molar-refractivity contribution in [2.75, 3.05) is 39.8 Å². The van der Waals surface area contributed by atoms with E-state index in [1.165, 1.54) is 77.5 Å². The summed E-state index contributed by atoms with van der Waals surface area (Å²) < 4.78 is 0. The quantitative estimate of drug-likeness (QED) is 0.419. The van der Waals surface area contributed by atoms with Crippen molar-refractivity contribution in [1.29, 1.82) is 0 Å². The summed E-state index contributed by atoms with van der Waals surface area (Å²) >= 11 is 0. The van der Waals surface area contributed by atoms with Crippen LogP contribution in [0.5, 0.6) is 0 Å². The first-order valence-electron chi connectivity index (χ1n) is 9.46. The SMILES string of the molecule is CCC(CNC(=NC)N1CCC2(CCCC2)C1)N1CCCC1.I. The van der Waals surface area contributed by atoms with Crippen LogP contribution in [-0.2, 0) is 0 Å². The first-order chi connectivity index (χ1) is 10.8. The van der Waals surface area contributed by atoms with Gasteiger partial charge >= 0.3 is 0 Å². The molecule has 1 atom stereocenters. The van der Waals surface area contributed by atoms with Crippen LogP contribution in [0.3, 0.4) is 0 Å². The van der Waals surface area contributed by atoms with Crippen molar-refractivity contribution >= 4 is 29.9 Å². The minimum atomic E-state index is 0. The molecule has 0 radical (unpaired) electrons. The standard InChI is InChI=1S/C18H34N4.HI/c1-3-16(21-11-6-7-12-21)14-20-17(19-2)22-13-10-18(15-22)8-4-5-9-18;/h16H,3-15H2,1-2H3,(H,19,20);1H. The highest BCUT2D eigenvalue weighted by Crippen LogP contribution is 2.45. The summed E-state index contributed by atoms with van der Waals surface area (Å²) in [4.78, 5) is 9.74. The number of guanidine groups is 1. The molecule has 134 valence electrons. The number of hydrogen-bond acceptors (Lipinski definition) is 2. The van der Waals surface area contributed by atoms with Crippen LogP contribution in [0.25, 0.3) is 0 Å². The van der Waals surface area contributed by atoms with Crippen molar-refractivity contribution in [1.82, 2.24) is 15.1 Å². The molecule has 0 aromatic rings. The summed E-state index contributed by atoms with van der Waals surface area (Å²) in [7, 11) is 1.94. The van der Waals surface area contributed by atoms with Crippen LogP contribution < -0.4 is 5.32 Å². The number of hydrogen-bond donors (Lipinski definition) is 1. The monoisotopic (exact) mass is 434 g/mol. The van der Waals surface area contributed by atoms with E-state index in [1.807, 2.05) is 7.05 Å². The molecule has 1 N–H and O–H groups in total. The van der Waals surface area contributed by atoms with Gasteiger partial charge in [-0.1, -0.05) is 19.8 Å². The van der Waals surface area contributed by atoms with Crippen LogP contribution in [0, 0.1) is 5.41 Å². The fourth-order valence-electron chi connectivity index (χ4n) is 4.83. The predicted octanol–water partition coefficient (Wildman–Crippen LogP) is 3.32. The van der Waals surface area contributed by atoms with E-state index >= 15 is 0 Å². The number of likely N-dealkylation sites (tertiary alicyclic amines) is 2. The summed E-state index contributed by atoms with van der Waals surface area (Å²) in [5.41, 5.74) is 0.622. The maximum atomic E-state index is 4.57. The van der Waals surface area contributed by atoms with Gasteiger partial charge in [0.05, 0.1) is 0 Å². The summed E-state index contributed by atoms with van der Waals surface area (Å²) in [6, 6.07) is 0.669. The highest BCUT2D eigenvalue weighted by molar-refractivity contribution is 14.0. The lowest BCUT2D eigenvalue weighted by atomic mass is 9.86. The minimum absolute atomic E-state index is 0. The maximum Gasteiger partial charge on any atom is 0.193 e. The lowest BCUT2D eigenvalue weighted by molar-refractivity contribution is 0.234. The third kappa shape index (κ3) is 4.53. The highest BCUT2D eigenvalue weighted by Gasteiger charge is 2.41. The number of rotatable bonds is 4. The summed E-state index contributed by atoms with van der Waals surface area (Å²) in [5.74, 6) is 1.14. The van der Waals surface area contributed by atoms with Crippen molar-refractivity contribution in [2.45, 2.75) is 64.3 Å². The van der Waals surface area contributed by atoms with Crippen molar-refractivity contribution < 1.29 is 0 Å². The number of aliphatic imine (C=N–C) groups is 1. The zero-order valence-electron chi connectivity index (χ0n) is 15.0. The van der Waals surface area contributed by atoms with Gasteiger partial charge in [-0.25, -0.2) is 0 Å². The molecule has 2 saturated heterocycles. The van der Waals surface area contributed by atoms with Crippen LogP contribution in [0.4, 0.5) is 0 Å². The number of nitrogens with zero attached hydrogens (tertiary/aromatic N) is 3. The van der Waals surface area contributed by atoms with E-state index < -0.39 is 0 Å². The van der Waals surface area contributed by atoms with Crippen molar-refractivity contribution in [2.24, 2.45) is 10.4 Å². The van der Waals surface area contributed by atoms with Gasteiger partial charge in [0.25, 0.3) is 0 Å². The number of halogens is 1. The fraction of sp³-hybridized carbons (Fsp3) is 0.944. The molecular weight excluding hydrogens is 399 g/mol. The minimum Gasteiger partial charge on any atom is -0.355 e. The Morgan fingerprint density at radius 1 is 1.09 bits per heavy atom. The van der Waals surface area contributed by atoms with Gasteiger partial charge in [-0.2, -0.15) is 0 Å². The second-order valence-corrected chi connectivity index (χ2v) is 7.61. The normalized spacial score (nSPS) is 25.8. The Balaban J connectivity index is 0.00000192. The van der Waals surface area contributed by atoms with Gasteiger partial charge in [0.1, 0.15) is 0 Å². The molecule has 1 spiro atoms. The van der Waals surface area contributed by atoms with E-state index in [9.17, 15) is 0 Å². The van der Waals surface area contributed by atoms with E-state index in [1.54, 1.807) is 0 Å². The van der Waals surface area contributed by atoms with Crippen LogP contribution in [0.1, 0.15) is 58.3 Å². The van der Waals surface area contributed by atoms with E-state index in [4.69, 9.17) is 0 Å². The molecule has 3 fully saturated rings. The van der Waals surface area contributed by atoms with E-state index in [0.29, 0.717) is 11.5 Å². The van der Waals surface area contributed by atoms with Crippen molar-refractivity contribution in [3.8, 4) is 0 Å². The summed E-state index contributed by atoms with van der Waals surface area (Å²) in [6.07, 6.45) is 11.1. The van der Waals surface area contributed by atoms with E-state index in [-0.39, 0.29) is 24.0 Å². The van der Waals surface area contributed by atoms with Crippen LogP contribution in [0.2, 0.25) is 0 Å². The number of nitrogens with one attached hydrogen (secondary N) is 1. The van der Waals surface area contributed by atoms with Gasteiger partial charge < -0.3 is 10.2 Å². The van der Waals surface area contributed by atoms with Gasteiger partial charge in [0, 0.05) is 32.7 Å². The highest BCUT2D eigenvalue weighted by atomic mass is 127. The lowest BCUT2D eigenvalue weighted by Crippen LogP contribution is -2.47. The van der Waals surface area contributed by atoms with Crippen LogP contribution in [-0.4, -0.2) is 61.6 Å². The van der Waals surface area contributed by atoms with Gasteiger partial charge in [-0.3, -0.25) is 9.89 Å². The van der Waals surface area contributed by atoms with Crippen molar-refractivity contribution in [3.63, 3.8) is 0 Å². The first kappa shape index (κ1) is 19.3. The van der Waals surface area contributed by atoms with E-state index in [2.05, 4.69) is 27.0 Å². The molecule has 2 heterocycles. The molecule has 0 aromatic heterocycles. The molecule has 2 aliphatic heterocycles. The molecule has 4 nitrogen and oxygen atoms in total. The Bertz CT molecular complexity index is 386. The van der Waals surface area contributed by atoms with Crippen LogP contribution in [0.15, 0.2) is 4.99 Å². The van der Waals surface area contributed by atoms with Crippen molar-refractivity contribution in [3.05, 3.63) is 0 Å². The smallest absolute Gasteiger partial charge is 0.193 e. The predicted molar refractivity (Wildman–Crippen MR) is 109 cm³/mol. The fourth-order valence-corrected chi connectivity index (χ4v) is 4.83. The summed E-state index contributed by atoms with van der Waals surface area (Å²) in [5, 5.41) is 3.68. The van der Waals surface area contributed by atoms with Gasteiger partial charge in [0.2, 0.25) is 0 Å². The molecule has 5 heteroatoms. The Kier molecular flexibility index (Phi) is 7.45. The first-order valence-corrected chi connectivity index (χ1v) is 9.46. The molecule has 3 rings (SSSR count). The average molecular weight is 434 g/mol. The Labute approximate surface area is 159 Å². The topological polar surface area (TPSA) is 30.9 Å². The molecule has 1 saturated carbocycles. The third-order valence-corrected chi connectivity index (χ3v) is 6.24. The molecule has 3 aliphatic rings. The Hall–Kier alpha value is -0.0400. The lowest BCUT2D eigenvalue weighted by Gasteiger charge is -2.30. The van der Waals surface area contributed by atoms with Gasteiger partial charge in [-0.05, 0) is 57.0 Å². The molecule has 0 amide bonds. The zero-order valence-corrected chi connectivity index (χ0v) is 17.3. The largest absolute Gasteiger partial charge is 0.355 e. The molecule has 1 unspecified atom stereocenters. The van der Waals surface area contributed by atoms with Crippen LogP contribution >= 0.6 is 24.0 Å². The second kappa shape index (κ2) is 8.88. The Morgan fingerprint density at radius 3 is 2.39 bits per heavy atom. The molecular formula is C18H35IN4. The van der Waals surface area contributed by atoms with E-state index in [0.717, 1.165) is 12.5 Å². The molecule has 23 heavy (non-hydrogen) atoms. The maximum absolute atomic E-state index is 4.57. The van der Waals surface area contributed by atoms with Gasteiger partial charge in [-0.15, -0.1) is 24.0 Å². The molecule has 1 aliphatic carbocycles. The third-order valence-electron chi connectivity index (χ3n) is 6.24. The second-order valence-electron chi connectivity index (χ2n) is 7.61. The Morgan fingerprint density at radius 2 is 1.78 bits per heavy atom. The van der Waals surface area contributed by atoms with Gasteiger partial charge in [0.15, 0.2) is 5.96 Å². The molecule has 0 bridgehead atoms. The average Bonchev–Trinajstić information content (AvgIpc) is 3.28. The zero-order chi connectivity index (χ0) is 15.4.